The zero-order valence-corrected chi connectivity index (χ0v) is 17.2. The lowest BCUT2D eigenvalue weighted by Gasteiger charge is -2.14. The maximum Gasteiger partial charge on any atom is 0.340 e. The van der Waals surface area contributed by atoms with E-state index in [9.17, 15) is 24.5 Å². The highest BCUT2D eigenvalue weighted by Crippen LogP contribution is 2.30. The van der Waals surface area contributed by atoms with Gasteiger partial charge in [-0.2, -0.15) is 0 Å². The molecule has 0 aliphatic heterocycles. The molecular formula is C20H22N2O8. The monoisotopic (exact) mass is 418 g/mol. The molecule has 1 N–H and O–H groups in total. The first kappa shape index (κ1) is 22.6. The van der Waals surface area contributed by atoms with Gasteiger partial charge in [0.15, 0.2) is 11.9 Å². The minimum absolute atomic E-state index is 0.0227. The smallest absolute Gasteiger partial charge is 0.340 e. The number of H-pyrrole nitrogens is 1. The molecule has 0 bridgehead atoms. The van der Waals surface area contributed by atoms with Gasteiger partial charge in [0.25, 0.3) is 0 Å². The number of Topliss-reactive ketones (excluding diaryl/α,β-unsaturated/α-hetero) is 1. The molecule has 1 atom stereocenters. The lowest BCUT2D eigenvalue weighted by Crippen LogP contribution is -2.25. The van der Waals surface area contributed by atoms with Crippen molar-refractivity contribution < 1.29 is 33.5 Å². The fraction of sp³-hybridized carbons (Fsp3) is 0.350. The fourth-order valence-corrected chi connectivity index (χ4v) is 2.96. The van der Waals surface area contributed by atoms with Gasteiger partial charge in [-0.3, -0.25) is 14.9 Å². The van der Waals surface area contributed by atoms with Crippen LogP contribution in [0.2, 0.25) is 0 Å². The molecule has 0 saturated carbocycles. The lowest BCUT2D eigenvalue weighted by atomic mass is 10.1. The number of hydrogen-bond acceptors (Lipinski definition) is 8. The first-order valence-electron chi connectivity index (χ1n) is 9.06. The highest BCUT2D eigenvalue weighted by atomic mass is 16.6. The SMILES string of the molecule is CCOC(=O)c1c(C)[nH]c(C(=O)[C@H](C)Oc2ccc(C(=O)OC)cc2[N+](=O)[O-])c1C. The van der Waals surface area contributed by atoms with Crippen LogP contribution in [-0.2, 0) is 9.47 Å². The van der Waals surface area contributed by atoms with Gasteiger partial charge in [0.05, 0.1) is 35.5 Å². The molecule has 10 heteroatoms. The number of hydrogen-bond donors (Lipinski definition) is 1. The van der Waals surface area contributed by atoms with Gasteiger partial charge in [0.1, 0.15) is 0 Å². The highest BCUT2D eigenvalue weighted by Gasteiger charge is 2.28. The van der Waals surface area contributed by atoms with Crippen LogP contribution in [-0.4, -0.2) is 47.4 Å². The summed E-state index contributed by atoms with van der Waals surface area (Å²) < 4.78 is 15.1. The van der Waals surface area contributed by atoms with E-state index in [-0.39, 0.29) is 29.2 Å². The number of benzene rings is 1. The number of aromatic amines is 1. The summed E-state index contributed by atoms with van der Waals surface area (Å²) in [6.07, 6.45) is -1.11. The molecule has 0 fully saturated rings. The maximum atomic E-state index is 12.9. The molecule has 2 rings (SSSR count). The van der Waals surface area contributed by atoms with Crippen LogP contribution in [0.25, 0.3) is 0 Å². The Morgan fingerprint density at radius 1 is 1.20 bits per heavy atom. The van der Waals surface area contributed by atoms with Crippen molar-refractivity contribution in [2.24, 2.45) is 0 Å². The normalized spacial score (nSPS) is 11.5. The predicted molar refractivity (Wildman–Crippen MR) is 105 cm³/mol. The number of ketones is 1. The Morgan fingerprint density at radius 2 is 1.87 bits per heavy atom. The number of aromatic nitrogens is 1. The van der Waals surface area contributed by atoms with Crippen LogP contribution in [0, 0.1) is 24.0 Å². The third kappa shape index (κ3) is 4.48. The molecule has 0 spiro atoms. The third-order valence-corrected chi connectivity index (χ3v) is 4.41. The maximum absolute atomic E-state index is 12.9. The summed E-state index contributed by atoms with van der Waals surface area (Å²) in [6.45, 7) is 6.54. The molecule has 10 nitrogen and oxygen atoms in total. The minimum atomic E-state index is -1.11. The average Bonchev–Trinajstić information content (AvgIpc) is 3.00. The van der Waals surface area contributed by atoms with Gasteiger partial charge in [0.2, 0.25) is 5.78 Å². The Hall–Kier alpha value is -3.69. The molecule has 0 saturated heterocycles. The Balaban J connectivity index is 2.33. The standard InChI is InChI=1S/C20H22N2O8/c1-6-29-20(25)16-10(2)17(21-11(16)3)18(23)12(4)30-15-8-7-13(19(24)28-5)9-14(15)22(26)27/h7-9,12,21H,6H2,1-5H3/t12-/m0/s1. The Kier molecular flexibility index (Phi) is 6.93. The number of nitrogens with zero attached hydrogens (tertiary/aromatic N) is 1. The molecule has 160 valence electrons. The van der Waals surface area contributed by atoms with Crippen molar-refractivity contribution in [3.63, 3.8) is 0 Å². The van der Waals surface area contributed by atoms with E-state index in [2.05, 4.69) is 9.72 Å². The summed E-state index contributed by atoms with van der Waals surface area (Å²) in [7, 11) is 1.16. The second-order valence-corrected chi connectivity index (χ2v) is 6.40. The lowest BCUT2D eigenvalue weighted by molar-refractivity contribution is -0.386. The Bertz CT molecular complexity index is 1010. The van der Waals surface area contributed by atoms with Gasteiger partial charge in [0, 0.05) is 11.8 Å². The number of carbonyl (C=O) groups is 3. The molecule has 2 aromatic rings. The van der Waals surface area contributed by atoms with E-state index in [1.54, 1.807) is 20.8 Å². The zero-order chi connectivity index (χ0) is 22.6. The number of rotatable bonds is 8. The molecule has 0 unspecified atom stereocenters. The van der Waals surface area contributed by atoms with Crippen molar-refractivity contribution in [3.05, 3.63) is 56.4 Å². The Morgan fingerprint density at radius 3 is 2.43 bits per heavy atom. The summed E-state index contributed by atoms with van der Waals surface area (Å²) in [5.74, 6) is -1.97. The topological polar surface area (TPSA) is 138 Å². The van der Waals surface area contributed by atoms with Crippen LogP contribution in [0.15, 0.2) is 18.2 Å². The Labute approximate surface area is 172 Å². The van der Waals surface area contributed by atoms with Crippen molar-refractivity contribution in [3.8, 4) is 5.75 Å². The quantitative estimate of drug-likeness (QED) is 0.299. The van der Waals surface area contributed by atoms with Crippen molar-refractivity contribution in [1.82, 2.24) is 4.98 Å². The summed E-state index contributed by atoms with van der Waals surface area (Å²) in [5, 5.41) is 11.4. The molecular weight excluding hydrogens is 396 g/mol. The van der Waals surface area contributed by atoms with Gasteiger partial charge in [-0.05, 0) is 45.4 Å². The molecule has 0 radical (unpaired) electrons. The molecule has 0 aliphatic carbocycles. The minimum Gasteiger partial charge on any atom is -0.475 e. The molecule has 1 aromatic carbocycles. The number of esters is 2. The second kappa shape index (κ2) is 9.21. The predicted octanol–water partition coefficient (Wildman–Crippen LogP) is 3.15. The molecule has 0 aliphatic rings. The molecule has 0 amide bonds. The summed E-state index contributed by atoms with van der Waals surface area (Å²) >= 11 is 0. The van der Waals surface area contributed by atoms with Crippen LogP contribution in [0.4, 0.5) is 5.69 Å². The zero-order valence-electron chi connectivity index (χ0n) is 17.2. The van der Waals surface area contributed by atoms with Crippen LogP contribution in [0.3, 0.4) is 0 Å². The van der Waals surface area contributed by atoms with Crippen molar-refractivity contribution in [1.29, 1.82) is 0 Å². The number of aryl methyl sites for hydroxylation is 1. The van der Waals surface area contributed by atoms with Crippen molar-refractivity contribution >= 4 is 23.4 Å². The third-order valence-electron chi connectivity index (χ3n) is 4.41. The van der Waals surface area contributed by atoms with Crippen LogP contribution < -0.4 is 4.74 Å². The van der Waals surface area contributed by atoms with E-state index in [1.807, 2.05) is 0 Å². The average molecular weight is 418 g/mol. The number of carbonyl (C=O) groups excluding carboxylic acids is 3. The van der Waals surface area contributed by atoms with E-state index in [0.29, 0.717) is 11.3 Å². The van der Waals surface area contributed by atoms with E-state index < -0.39 is 34.4 Å². The highest BCUT2D eigenvalue weighted by molar-refractivity contribution is 6.03. The summed E-state index contributed by atoms with van der Waals surface area (Å²) in [4.78, 5) is 50.1. The number of methoxy groups -OCH3 is 1. The number of nitrogens with one attached hydrogen (secondary N) is 1. The summed E-state index contributed by atoms with van der Waals surface area (Å²) in [5.41, 5.74) is 0.782. The van der Waals surface area contributed by atoms with Gasteiger partial charge < -0.3 is 19.2 Å². The largest absolute Gasteiger partial charge is 0.475 e. The molecule has 1 aromatic heterocycles. The van der Waals surface area contributed by atoms with Gasteiger partial charge in [-0.1, -0.05) is 0 Å². The van der Waals surface area contributed by atoms with E-state index in [4.69, 9.17) is 9.47 Å². The van der Waals surface area contributed by atoms with Gasteiger partial charge in [-0.25, -0.2) is 9.59 Å². The van der Waals surface area contributed by atoms with E-state index >= 15 is 0 Å². The van der Waals surface area contributed by atoms with Crippen LogP contribution in [0.5, 0.6) is 5.75 Å². The van der Waals surface area contributed by atoms with E-state index in [0.717, 1.165) is 13.2 Å². The number of ether oxygens (including phenoxy) is 3. The first-order valence-corrected chi connectivity index (χ1v) is 9.06. The molecule has 1 heterocycles. The van der Waals surface area contributed by atoms with Gasteiger partial charge in [-0.15, -0.1) is 0 Å². The van der Waals surface area contributed by atoms with Crippen LogP contribution >= 0.6 is 0 Å². The first-order chi connectivity index (χ1) is 14.1. The molecule has 30 heavy (non-hydrogen) atoms. The van der Waals surface area contributed by atoms with Crippen molar-refractivity contribution in [2.45, 2.75) is 33.8 Å². The fourth-order valence-electron chi connectivity index (χ4n) is 2.96. The number of nitro groups is 1. The summed E-state index contributed by atoms with van der Waals surface area (Å²) in [6, 6.07) is 3.54. The van der Waals surface area contributed by atoms with Crippen LogP contribution in [0.1, 0.15) is 56.3 Å². The number of nitro benzene ring substituents is 1. The van der Waals surface area contributed by atoms with E-state index in [1.165, 1.54) is 19.1 Å². The second-order valence-electron chi connectivity index (χ2n) is 6.40. The van der Waals surface area contributed by atoms with Gasteiger partial charge >= 0.3 is 17.6 Å². The van der Waals surface area contributed by atoms with Crippen molar-refractivity contribution in [2.75, 3.05) is 13.7 Å².